The lowest BCUT2D eigenvalue weighted by Gasteiger charge is -2.38. The summed E-state index contributed by atoms with van der Waals surface area (Å²) in [7, 11) is 0. The first kappa shape index (κ1) is 15.9. The molecule has 1 amide bonds. The number of benzene rings is 1. The van der Waals surface area contributed by atoms with Crippen LogP contribution in [0.25, 0.3) is 10.9 Å². The van der Waals surface area contributed by atoms with Crippen molar-refractivity contribution < 1.29 is 14.6 Å². The number of aliphatic hydroxyl groups is 1. The van der Waals surface area contributed by atoms with Crippen LogP contribution in [0, 0.1) is 5.92 Å². The predicted molar refractivity (Wildman–Crippen MR) is 89.8 cm³/mol. The van der Waals surface area contributed by atoms with E-state index >= 15 is 0 Å². The number of fused-ring (bicyclic) bond motifs is 1. The third-order valence-corrected chi connectivity index (χ3v) is 4.76. The van der Waals surface area contributed by atoms with E-state index in [1.165, 1.54) is 0 Å². The Morgan fingerprint density at radius 1 is 1.48 bits per heavy atom. The number of ether oxygens (including phenoxy) is 1. The topological polar surface area (TPSA) is 74.4 Å². The summed E-state index contributed by atoms with van der Waals surface area (Å²) in [5, 5.41) is 14.2. The Kier molecular flexibility index (Phi) is 4.31. The second-order valence-corrected chi connectivity index (χ2v) is 6.50. The fourth-order valence-corrected chi connectivity index (χ4v) is 3.06. The van der Waals surface area contributed by atoms with Crippen LogP contribution < -0.4 is 10.1 Å². The summed E-state index contributed by atoms with van der Waals surface area (Å²) < 4.78 is 5.59. The second kappa shape index (κ2) is 6.24. The number of hydrogen-bond donors (Lipinski definition) is 3. The van der Waals surface area contributed by atoms with Gasteiger partial charge in [-0.05, 0) is 50.8 Å². The predicted octanol–water partition coefficient (Wildman–Crippen LogP) is 2.85. The van der Waals surface area contributed by atoms with Crippen molar-refractivity contribution in [2.45, 2.75) is 38.7 Å². The van der Waals surface area contributed by atoms with Gasteiger partial charge in [0.25, 0.3) is 5.91 Å². The molecule has 1 aliphatic rings. The van der Waals surface area contributed by atoms with Crippen LogP contribution in [0.15, 0.2) is 24.3 Å². The summed E-state index contributed by atoms with van der Waals surface area (Å²) in [6.07, 6.45) is 3.23. The molecular formula is C18H24N2O3. The summed E-state index contributed by atoms with van der Waals surface area (Å²) in [5.41, 5.74) is 0.513. The minimum absolute atomic E-state index is 0.205. The Labute approximate surface area is 136 Å². The molecule has 5 nitrogen and oxygen atoms in total. The summed E-state index contributed by atoms with van der Waals surface area (Å²) in [5.74, 6) is 0.847. The van der Waals surface area contributed by atoms with Crippen LogP contribution in [-0.4, -0.2) is 34.8 Å². The van der Waals surface area contributed by atoms with Crippen molar-refractivity contribution in [3.63, 3.8) is 0 Å². The second-order valence-electron chi connectivity index (χ2n) is 6.50. The molecule has 1 heterocycles. The van der Waals surface area contributed by atoms with Gasteiger partial charge in [-0.3, -0.25) is 4.79 Å². The summed E-state index contributed by atoms with van der Waals surface area (Å²) >= 11 is 0. The van der Waals surface area contributed by atoms with Gasteiger partial charge in [-0.1, -0.05) is 12.5 Å². The van der Waals surface area contributed by atoms with Crippen LogP contribution in [0.5, 0.6) is 5.75 Å². The SMILES string of the molecule is CCOc1cccc2[nH]c(C(=O)NCC(C)(O)C3CCC3)cc12. The Bertz CT molecular complexity index is 701. The fourth-order valence-electron chi connectivity index (χ4n) is 3.06. The summed E-state index contributed by atoms with van der Waals surface area (Å²) in [6, 6.07) is 7.50. The highest BCUT2D eigenvalue weighted by Gasteiger charge is 2.36. The van der Waals surface area contributed by atoms with Crippen molar-refractivity contribution in [2.24, 2.45) is 5.92 Å². The van der Waals surface area contributed by atoms with Crippen LogP contribution in [0.4, 0.5) is 0 Å². The Balaban J connectivity index is 1.72. The van der Waals surface area contributed by atoms with E-state index in [1.807, 2.05) is 25.1 Å². The van der Waals surface area contributed by atoms with Crippen molar-refractivity contribution in [2.75, 3.05) is 13.2 Å². The number of aromatic nitrogens is 1. The van der Waals surface area contributed by atoms with Crippen molar-refractivity contribution in [1.82, 2.24) is 10.3 Å². The number of aromatic amines is 1. The van der Waals surface area contributed by atoms with E-state index in [4.69, 9.17) is 4.74 Å². The van der Waals surface area contributed by atoms with Gasteiger partial charge in [-0.2, -0.15) is 0 Å². The molecule has 0 bridgehead atoms. The lowest BCUT2D eigenvalue weighted by atomic mass is 9.74. The maximum absolute atomic E-state index is 12.4. The Hall–Kier alpha value is -2.01. The van der Waals surface area contributed by atoms with Gasteiger partial charge >= 0.3 is 0 Å². The van der Waals surface area contributed by atoms with Crippen LogP contribution in [-0.2, 0) is 0 Å². The first-order chi connectivity index (χ1) is 11.0. The van der Waals surface area contributed by atoms with E-state index in [1.54, 1.807) is 13.0 Å². The van der Waals surface area contributed by atoms with Gasteiger partial charge in [0.05, 0.1) is 12.2 Å². The number of nitrogens with one attached hydrogen (secondary N) is 2. The zero-order valence-electron chi connectivity index (χ0n) is 13.7. The van der Waals surface area contributed by atoms with Gasteiger partial charge in [-0.25, -0.2) is 0 Å². The molecule has 1 aromatic carbocycles. The summed E-state index contributed by atoms with van der Waals surface area (Å²) in [4.78, 5) is 15.5. The number of carbonyl (C=O) groups excluding carboxylic acids is 1. The normalized spacial score (nSPS) is 17.5. The average Bonchev–Trinajstić information content (AvgIpc) is 2.88. The molecule has 0 spiro atoms. The van der Waals surface area contributed by atoms with Gasteiger partial charge in [0.15, 0.2) is 0 Å². The van der Waals surface area contributed by atoms with Crippen LogP contribution in [0.3, 0.4) is 0 Å². The highest BCUT2D eigenvalue weighted by molar-refractivity contribution is 5.99. The van der Waals surface area contributed by atoms with Gasteiger partial charge in [0.1, 0.15) is 11.4 Å². The highest BCUT2D eigenvalue weighted by Crippen LogP contribution is 2.35. The third kappa shape index (κ3) is 3.20. The molecular weight excluding hydrogens is 292 g/mol. The van der Waals surface area contributed by atoms with Crippen molar-refractivity contribution >= 4 is 16.8 Å². The number of amides is 1. The van der Waals surface area contributed by atoms with E-state index in [2.05, 4.69) is 10.3 Å². The summed E-state index contributed by atoms with van der Waals surface area (Å²) in [6.45, 7) is 4.58. The molecule has 0 radical (unpaired) electrons. The first-order valence-electron chi connectivity index (χ1n) is 8.26. The maximum Gasteiger partial charge on any atom is 0.267 e. The van der Waals surface area contributed by atoms with E-state index in [0.29, 0.717) is 12.3 Å². The molecule has 1 aromatic heterocycles. The zero-order chi connectivity index (χ0) is 16.4. The molecule has 1 aliphatic carbocycles. The van der Waals surface area contributed by atoms with E-state index in [0.717, 1.165) is 35.9 Å². The average molecular weight is 316 g/mol. The fraction of sp³-hybridized carbons (Fsp3) is 0.500. The molecule has 23 heavy (non-hydrogen) atoms. The van der Waals surface area contributed by atoms with Gasteiger partial charge in [-0.15, -0.1) is 0 Å². The molecule has 0 aliphatic heterocycles. The molecule has 3 N–H and O–H groups in total. The molecule has 1 atom stereocenters. The Morgan fingerprint density at radius 2 is 2.26 bits per heavy atom. The zero-order valence-corrected chi connectivity index (χ0v) is 13.7. The van der Waals surface area contributed by atoms with Crippen LogP contribution >= 0.6 is 0 Å². The van der Waals surface area contributed by atoms with Gasteiger partial charge < -0.3 is 20.1 Å². The quantitative estimate of drug-likeness (QED) is 0.767. The largest absolute Gasteiger partial charge is 0.493 e. The van der Waals surface area contributed by atoms with Gasteiger partial charge in [0, 0.05) is 17.4 Å². The monoisotopic (exact) mass is 316 g/mol. The molecule has 0 saturated heterocycles. The smallest absolute Gasteiger partial charge is 0.267 e. The number of rotatable bonds is 6. The minimum atomic E-state index is -0.837. The minimum Gasteiger partial charge on any atom is -0.493 e. The number of H-pyrrole nitrogens is 1. The number of hydrogen-bond acceptors (Lipinski definition) is 3. The van der Waals surface area contributed by atoms with Gasteiger partial charge in [0.2, 0.25) is 0 Å². The first-order valence-corrected chi connectivity index (χ1v) is 8.26. The molecule has 2 aromatic rings. The number of carbonyl (C=O) groups is 1. The molecule has 1 unspecified atom stereocenters. The van der Waals surface area contributed by atoms with E-state index < -0.39 is 5.60 Å². The lowest BCUT2D eigenvalue weighted by molar-refractivity contribution is -0.0319. The lowest BCUT2D eigenvalue weighted by Crippen LogP contribution is -2.48. The standard InChI is InChI=1S/C18H24N2O3/c1-3-23-16-9-5-8-14-13(16)10-15(20-14)17(21)19-11-18(2,22)12-6-4-7-12/h5,8-10,12,20,22H,3-4,6-7,11H2,1-2H3,(H,19,21). The van der Waals surface area contributed by atoms with E-state index in [-0.39, 0.29) is 18.4 Å². The molecule has 1 fully saturated rings. The molecule has 3 rings (SSSR count). The molecule has 124 valence electrons. The highest BCUT2D eigenvalue weighted by atomic mass is 16.5. The van der Waals surface area contributed by atoms with Crippen LogP contribution in [0.1, 0.15) is 43.6 Å². The molecule has 5 heteroatoms. The maximum atomic E-state index is 12.4. The molecule has 1 saturated carbocycles. The van der Waals surface area contributed by atoms with Crippen LogP contribution in [0.2, 0.25) is 0 Å². The van der Waals surface area contributed by atoms with E-state index in [9.17, 15) is 9.90 Å². The van der Waals surface area contributed by atoms with Crippen molar-refractivity contribution in [3.05, 3.63) is 30.0 Å². The third-order valence-electron chi connectivity index (χ3n) is 4.76. The van der Waals surface area contributed by atoms with Crippen molar-refractivity contribution in [3.8, 4) is 5.75 Å². The Morgan fingerprint density at radius 3 is 2.91 bits per heavy atom. The van der Waals surface area contributed by atoms with Crippen molar-refractivity contribution in [1.29, 1.82) is 0 Å².